The second-order valence-electron chi connectivity index (χ2n) is 5.45. The number of carbonyl (C=O) groups is 1. The number of rotatable bonds is 7. The SMILES string of the molecule is COc1ccccc1NC(=O)[C@H](C)Sc1nnc(Cc2csc(C)n2)o1. The minimum Gasteiger partial charge on any atom is -0.495 e. The van der Waals surface area contributed by atoms with E-state index in [9.17, 15) is 4.79 Å². The maximum Gasteiger partial charge on any atom is 0.277 e. The predicted molar refractivity (Wildman–Crippen MR) is 101 cm³/mol. The van der Waals surface area contributed by atoms with Crippen LogP contribution in [0.15, 0.2) is 39.3 Å². The van der Waals surface area contributed by atoms with Crippen LogP contribution in [-0.4, -0.2) is 33.4 Å². The Labute approximate surface area is 159 Å². The van der Waals surface area contributed by atoms with Gasteiger partial charge in [-0.1, -0.05) is 23.9 Å². The predicted octanol–water partition coefficient (Wildman–Crippen LogP) is 3.55. The average Bonchev–Trinajstić information content (AvgIpc) is 3.24. The van der Waals surface area contributed by atoms with Gasteiger partial charge in [0.05, 0.1) is 35.2 Å². The molecule has 1 aromatic carbocycles. The van der Waals surface area contributed by atoms with Crippen molar-refractivity contribution in [1.29, 1.82) is 0 Å². The summed E-state index contributed by atoms with van der Waals surface area (Å²) in [6.07, 6.45) is 0.486. The number of ether oxygens (including phenoxy) is 1. The summed E-state index contributed by atoms with van der Waals surface area (Å²) in [6, 6.07) is 7.25. The lowest BCUT2D eigenvalue weighted by Gasteiger charge is -2.12. The molecule has 1 N–H and O–H groups in total. The normalized spacial score (nSPS) is 12.0. The molecule has 1 atom stereocenters. The Balaban J connectivity index is 1.59. The first-order chi connectivity index (χ1) is 12.5. The van der Waals surface area contributed by atoms with E-state index in [2.05, 4.69) is 20.5 Å². The van der Waals surface area contributed by atoms with Gasteiger partial charge < -0.3 is 14.5 Å². The van der Waals surface area contributed by atoms with Gasteiger partial charge in [0.25, 0.3) is 5.22 Å². The number of nitrogens with zero attached hydrogens (tertiary/aromatic N) is 3. The Kier molecular flexibility index (Phi) is 5.89. The molecular formula is C17H18N4O3S2. The molecule has 1 amide bonds. The number of carbonyl (C=O) groups excluding carboxylic acids is 1. The molecule has 3 aromatic rings. The fraction of sp³-hybridized carbons (Fsp3) is 0.294. The van der Waals surface area contributed by atoms with Crippen molar-refractivity contribution in [1.82, 2.24) is 15.2 Å². The van der Waals surface area contributed by atoms with E-state index >= 15 is 0 Å². The van der Waals surface area contributed by atoms with E-state index in [0.29, 0.717) is 29.0 Å². The Bertz CT molecular complexity index is 894. The van der Waals surface area contributed by atoms with E-state index in [1.165, 1.54) is 11.8 Å². The number of thioether (sulfide) groups is 1. The highest BCUT2D eigenvalue weighted by Gasteiger charge is 2.19. The van der Waals surface area contributed by atoms with Crippen molar-refractivity contribution in [2.45, 2.75) is 30.7 Å². The van der Waals surface area contributed by atoms with E-state index in [-0.39, 0.29) is 5.91 Å². The molecule has 0 spiro atoms. The number of benzene rings is 1. The Morgan fingerprint density at radius 2 is 2.19 bits per heavy atom. The molecule has 0 saturated carbocycles. The molecule has 9 heteroatoms. The topological polar surface area (TPSA) is 90.1 Å². The highest BCUT2D eigenvalue weighted by Crippen LogP contribution is 2.27. The Hall–Kier alpha value is -2.39. The number of para-hydroxylation sites is 2. The molecule has 26 heavy (non-hydrogen) atoms. The number of anilines is 1. The lowest BCUT2D eigenvalue weighted by atomic mass is 10.3. The van der Waals surface area contributed by atoms with E-state index in [4.69, 9.17) is 9.15 Å². The second kappa shape index (κ2) is 8.33. The summed E-state index contributed by atoms with van der Waals surface area (Å²) in [5.74, 6) is 0.918. The summed E-state index contributed by atoms with van der Waals surface area (Å²) >= 11 is 2.79. The van der Waals surface area contributed by atoms with E-state index < -0.39 is 5.25 Å². The first-order valence-corrected chi connectivity index (χ1v) is 9.65. The van der Waals surface area contributed by atoms with Gasteiger partial charge in [0.15, 0.2) is 0 Å². The van der Waals surface area contributed by atoms with E-state index in [1.807, 2.05) is 24.4 Å². The van der Waals surface area contributed by atoms with Crippen molar-refractivity contribution in [2.75, 3.05) is 12.4 Å². The molecule has 0 bridgehead atoms. The van der Waals surface area contributed by atoms with Crippen molar-refractivity contribution >= 4 is 34.7 Å². The van der Waals surface area contributed by atoms with Gasteiger partial charge in [-0.2, -0.15) is 0 Å². The third-order valence-corrected chi connectivity index (χ3v) is 5.22. The quantitative estimate of drug-likeness (QED) is 0.617. The number of methoxy groups -OCH3 is 1. The standard InChI is InChI=1S/C17H18N4O3S2/c1-10(16(22)19-13-6-4-5-7-14(13)23-3)26-17-21-20-15(24-17)8-12-9-25-11(2)18-12/h4-7,9-10H,8H2,1-3H3,(H,19,22)/t10-/m0/s1. The monoisotopic (exact) mass is 390 g/mol. The Morgan fingerprint density at radius 3 is 2.92 bits per heavy atom. The van der Waals surface area contributed by atoms with Crippen LogP contribution in [0.5, 0.6) is 5.75 Å². The lowest BCUT2D eigenvalue weighted by molar-refractivity contribution is -0.115. The third kappa shape index (κ3) is 4.61. The minimum absolute atomic E-state index is 0.172. The summed E-state index contributed by atoms with van der Waals surface area (Å²) in [7, 11) is 1.56. The molecule has 0 aliphatic rings. The van der Waals surface area contributed by atoms with Crippen LogP contribution in [0.4, 0.5) is 5.69 Å². The van der Waals surface area contributed by atoms with Crippen molar-refractivity contribution < 1.29 is 13.9 Å². The van der Waals surface area contributed by atoms with Crippen LogP contribution in [0, 0.1) is 6.92 Å². The largest absolute Gasteiger partial charge is 0.495 e. The van der Waals surface area contributed by atoms with Gasteiger partial charge in [0.1, 0.15) is 5.75 Å². The molecule has 0 saturated heterocycles. The van der Waals surface area contributed by atoms with Crippen molar-refractivity contribution in [2.24, 2.45) is 0 Å². The summed E-state index contributed by atoms with van der Waals surface area (Å²) in [5.41, 5.74) is 1.52. The fourth-order valence-electron chi connectivity index (χ4n) is 2.19. The zero-order valence-corrected chi connectivity index (χ0v) is 16.2. The number of amides is 1. The molecule has 2 heterocycles. The second-order valence-corrected chi connectivity index (χ2v) is 7.80. The lowest BCUT2D eigenvalue weighted by Crippen LogP contribution is -2.22. The molecule has 0 unspecified atom stereocenters. The molecule has 2 aromatic heterocycles. The number of thiazole rings is 1. The maximum atomic E-state index is 12.4. The maximum absolute atomic E-state index is 12.4. The number of aromatic nitrogens is 3. The molecule has 0 aliphatic carbocycles. The Morgan fingerprint density at radius 1 is 1.38 bits per heavy atom. The number of hydrogen-bond acceptors (Lipinski definition) is 8. The molecule has 0 radical (unpaired) electrons. The van der Waals surface area contributed by atoms with Crippen LogP contribution in [0.1, 0.15) is 23.5 Å². The highest BCUT2D eigenvalue weighted by molar-refractivity contribution is 8.00. The molecule has 0 aliphatic heterocycles. The summed E-state index contributed by atoms with van der Waals surface area (Å²) in [6.45, 7) is 3.73. The smallest absolute Gasteiger partial charge is 0.277 e. The first kappa shape index (κ1) is 18.4. The number of nitrogens with one attached hydrogen (secondary N) is 1. The minimum atomic E-state index is -0.408. The number of hydrogen-bond donors (Lipinski definition) is 1. The zero-order chi connectivity index (χ0) is 18.5. The van der Waals surface area contributed by atoms with Crippen LogP contribution in [0.3, 0.4) is 0 Å². The number of aryl methyl sites for hydroxylation is 1. The van der Waals surface area contributed by atoms with Gasteiger partial charge in [-0.25, -0.2) is 4.98 Å². The molecule has 3 rings (SSSR count). The molecule has 0 fully saturated rings. The highest BCUT2D eigenvalue weighted by atomic mass is 32.2. The third-order valence-electron chi connectivity index (χ3n) is 3.46. The van der Waals surface area contributed by atoms with Crippen molar-refractivity contribution in [3.63, 3.8) is 0 Å². The molecule has 7 nitrogen and oxygen atoms in total. The first-order valence-electron chi connectivity index (χ1n) is 7.89. The van der Waals surface area contributed by atoms with Gasteiger partial charge in [-0.3, -0.25) is 4.79 Å². The van der Waals surface area contributed by atoms with E-state index in [1.54, 1.807) is 37.5 Å². The molecular weight excluding hydrogens is 372 g/mol. The summed E-state index contributed by atoms with van der Waals surface area (Å²) < 4.78 is 10.9. The fourth-order valence-corrected chi connectivity index (χ4v) is 3.50. The zero-order valence-electron chi connectivity index (χ0n) is 14.6. The van der Waals surface area contributed by atoms with Gasteiger partial charge in [0, 0.05) is 5.38 Å². The van der Waals surface area contributed by atoms with Gasteiger partial charge in [0.2, 0.25) is 11.8 Å². The van der Waals surface area contributed by atoms with Crippen LogP contribution in [0.2, 0.25) is 0 Å². The van der Waals surface area contributed by atoms with Gasteiger partial charge in [-0.15, -0.1) is 21.5 Å². The molecule has 136 valence electrons. The van der Waals surface area contributed by atoms with Crippen LogP contribution in [0.25, 0.3) is 0 Å². The van der Waals surface area contributed by atoms with Crippen LogP contribution >= 0.6 is 23.1 Å². The average molecular weight is 390 g/mol. The van der Waals surface area contributed by atoms with Crippen LogP contribution < -0.4 is 10.1 Å². The van der Waals surface area contributed by atoms with Crippen LogP contribution in [-0.2, 0) is 11.2 Å². The van der Waals surface area contributed by atoms with Gasteiger partial charge in [-0.05, 0) is 26.0 Å². The van der Waals surface area contributed by atoms with Gasteiger partial charge >= 0.3 is 0 Å². The van der Waals surface area contributed by atoms with E-state index in [0.717, 1.165) is 10.7 Å². The van der Waals surface area contributed by atoms with Crippen molar-refractivity contribution in [3.05, 3.63) is 46.2 Å². The summed E-state index contributed by atoms with van der Waals surface area (Å²) in [5, 5.41) is 13.8. The van der Waals surface area contributed by atoms with Crippen molar-refractivity contribution in [3.8, 4) is 5.75 Å². The summed E-state index contributed by atoms with van der Waals surface area (Å²) in [4.78, 5) is 16.8.